The number of anilines is 1. The van der Waals surface area contributed by atoms with Crippen LogP contribution < -0.4 is 9.46 Å². The van der Waals surface area contributed by atoms with E-state index in [9.17, 15) is 8.42 Å². The number of nitrogens with zero attached hydrogens (tertiary/aromatic N) is 4. The minimum absolute atomic E-state index is 0.298. The van der Waals surface area contributed by atoms with Gasteiger partial charge in [0.05, 0.1) is 10.6 Å². The molecule has 0 atom stereocenters. The SMILES string of the molecule is Cc1cc(C)c(S(=O)(=O)Nc2ccc(Oc3cc(-n4nc(C)cc4C)nc(C)n3)cc2)c(C)c1. The summed E-state index contributed by atoms with van der Waals surface area (Å²) < 4.78 is 36.3. The van der Waals surface area contributed by atoms with Gasteiger partial charge in [0.25, 0.3) is 10.0 Å². The quantitative estimate of drug-likeness (QED) is 0.414. The van der Waals surface area contributed by atoms with E-state index in [1.165, 1.54) is 0 Å². The van der Waals surface area contributed by atoms with Crippen molar-refractivity contribution in [1.29, 1.82) is 0 Å². The van der Waals surface area contributed by atoms with Gasteiger partial charge in [0.1, 0.15) is 11.6 Å². The average Bonchev–Trinajstić information content (AvgIpc) is 3.06. The van der Waals surface area contributed by atoms with Crippen molar-refractivity contribution in [2.45, 2.75) is 46.4 Å². The summed E-state index contributed by atoms with van der Waals surface area (Å²) in [6.07, 6.45) is 0. The Bertz CT molecular complexity index is 1450. The molecule has 0 fully saturated rings. The fourth-order valence-electron chi connectivity index (χ4n) is 4.06. The van der Waals surface area contributed by atoms with Crippen molar-refractivity contribution in [1.82, 2.24) is 19.7 Å². The van der Waals surface area contributed by atoms with E-state index in [-0.39, 0.29) is 0 Å². The van der Waals surface area contributed by atoms with E-state index in [1.807, 2.05) is 39.0 Å². The van der Waals surface area contributed by atoms with Crippen molar-refractivity contribution in [3.05, 3.63) is 82.4 Å². The highest BCUT2D eigenvalue weighted by Crippen LogP contribution is 2.27. The fraction of sp³-hybridized carbons (Fsp3) is 0.240. The van der Waals surface area contributed by atoms with Crippen LogP contribution >= 0.6 is 0 Å². The molecule has 4 aromatic rings. The molecular formula is C25H27N5O3S. The first-order valence-electron chi connectivity index (χ1n) is 10.8. The van der Waals surface area contributed by atoms with E-state index in [2.05, 4.69) is 19.8 Å². The Labute approximate surface area is 199 Å². The van der Waals surface area contributed by atoms with Gasteiger partial charge in [0.15, 0.2) is 5.82 Å². The number of benzene rings is 2. The lowest BCUT2D eigenvalue weighted by atomic mass is 10.1. The van der Waals surface area contributed by atoms with Gasteiger partial charge >= 0.3 is 0 Å². The average molecular weight is 478 g/mol. The van der Waals surface area contributed by atoms with Gasteiger partial charge in [-0.25, -0.2) is 18.1 Å². The molecule has 2 aromatic carbocycles. The van der Waals surface area contributed by atoms with Crippen LogP contribution in [0.4, 0.5) is 5.69 Å². The highest BCUT2D eigenvalue weighted by molar-refractivity contribution is 7.92. The van der Waals surface area contributed by atoms with Gasteiger partial charge in [0, 0.05) is 17.4 Å². The van der Waals surface area contributed by atoms with Crippen LogP contribution in [-0.4, -0.2) is 28.2 Å². The molecule has 8 nitrogen and oxygen atoms in total. The first-order chi connectivity index (χ1) is 16.0. The van der Waals surface area contributed by atoms with E-state index in [4.69, 9.17) is 4.74 Å². The predicted octanol–water partition coefficient (Wildman–Crippen LogP) is 5.11. The third-order valence-electron chi connectivity index (χ3n) is 5.23. The van der Waals surface area contributed by atoms with Crippen molar-refractivity contribution in [3.63, 3.8) is 0 Å². The molecule has 9 heteroatoms. The third kappa shape index (κ3) is 4.94. The van der Waals surface area contributed by atoms with Gasteiger partial charge in [-0.3, -0.25) is 4.72 Å². The molecule has 2 heterocycles. The summed E-state index contributed by atoms with van der Waals surface area (Å²) in [4.78, 5) is 9.11. The zero-order valence-corrected chi connectivity index (χ0v) is 20.9. The molecule has 0 radical (unpaired) electrons. The molecule has 4 rings (SSSR count). The van der Waals surface area contributed by atoms with E-state index in [0.29, 0.717) is 45.0 Å². The second kappa shape index (κ2) is 8.90. The first kappa shape index (κ1) is 23.4. The van der Waals surface area contributed by atoms with Gasteiger partial charge in [0.2, 0.25) is 5.88 Å². The molecule has 1 N–H and O–H groups in total. The minimum Gasteiger partial charge on any atom is -0.439 e. The van der Waals surface area contributed by atoms with Gasteiger partial charge < -0.3 is 4.74 Å². The topological polar surface area (TPSA) is 99.0 Å². The molecular weight excluding hydrogens is 450 g/mol. The monoisotopic (exact) mass is 477 g/mol. The molecule has 0 unspecified atom stereocenters. The largest absolute Gasteiger partial charge is 0.439 e. The number of sulfonamides is 1. The van der Waals surface area contributed by atoms with Crippen LogP contribution in [0.25, 0.3) is 5.82 Å². The second-order valence-corrected chi connectivity index (χ2v) is 10.0. The van der Waals surface area contributed by atoms with Crippen molar-refractivity contribution < 1.29 is 13.2 Å². The maximum Gasteiger partial charge on any atom is 0.262 e. The molecule has 0 aliphatic rings. The zero-order chi connectivity index (χ0) is 24.6. The number of aryl methyl sites for hydroxylation is 6. The Kier molecular flexibility index (Phi) is 6.14. The Balaban J connectivity index is 1.55. The van der Waals surface area contributed by atoms with Crippen LogP contribution in [0.15, 0.2) is 53.4 Å². The van der Waals surface area contributed by atoms with Crippen LogP contribution in [0.3, 0.4) is 0 Å². The summed E-state index contributed by atoms with van der Waals surface area (Å²) in [5, 5.41) is 4.46. The van der Waals surface area contributed by atoms with Gasteiger partial charge in [-0.2, -0.15) is 10.1 Å². The highest BCUT2D eigenvalue weighted by atomic mass is 32.2. The van der Waals surface area contributed by atoms with Crippen molar-refractivity contribution in [2.75, 3.05) is 4.72 Å². The molecule has 0 bridgehead atoms. The van der Waals surface area contributed by atoms with E-state index < -0.39 is 10.0 Å². The Morgan fingerprint density at radius 3 is 2.09 bits per heavy atom. The summed E-state index contributed by atoms with van der Waals surface area (Å²) in [5.41, 5.74) is 4.73. The number of nitrogens with one attached hydrogen (secondary N) is 1. The second-order valence-electron chi connectivity index (χ2n) is 8.41. The number of hydrogen-bond donors (Lipinski definition) is 1. The lowest BCUT2D eigenvalue weighted by molar-refractivity contribution is 0.459. The molecule has 0 amide bonds. The molecule has 34 heavy (non-hydrogen) atoms. The Morgan fingerprint density at radius 2 is 1.50 bits per heavy atom. The minimum atomic E-state index is -3.73. The third-order valence-corrected chi connectivity index (χ3v) is 6.92. The summed E-state index contributed by atoms with van der Waals surface area (Å²) in [7, 11) is -3.73. The molecule has 0 saturated heterocycles. The molecule has 0 aliphatic heterocycles. The standard InChI is InChI=1S/C25H27N5O3S/c1-15-11-16(2)25(17(3)12-15)34(31,32)29-21-7-9-22(10-8-21)33-24-14-23(26-20(6)27-24)30-19(5)13-18(4)28-30/h7-14,29H,1-6H3. The first-order valence-corrected chi connectivity index (χ1v) is 12.3. The predicted molar refractivity (Wildman–Crippen MR) is 131 cm³/mol. The van der Waals surface area contributed by atoms with Crippen LogP contribution in [0, 0.1) is 41.5 Å². The maximum atomic E-state index is 13.0. The van der Waals surface area contributed by atoms with E-state index in [0.717, 1.165) is 17.0 Å². The number of hydrogen-bond acceptors (Lipinski definition) is 6. The van der Waals surface area contributed by atoms with Crippen LogP contribution in [-0.2, 0) is 10.0 Å². The number of aromatic nitrogens is 4. The van der Waals surface area contributed by atoms with Gasteiger partial charge in [-0.05, 0) is 83.0 Å². The van der Waals surface area contributed by atoms with E-state index in [1.54, 1.807) is 55.8 Å². The highest BCUT2D eigenvalue weighted by Gasteiger charge is 2.20. The van der Waals surface area contributed by atoms with Crippen LogP contribution in [0.1, 0.15) is 33.9 Å². The van der Waals surface area contributed by atoms with Gasteiger partial charge in [-0.1, -0.05) is 17.7 Å². The van der Waals surface area contributed by atoms with Crippen LogP contribution in [0.5, 0.6) is 11.6 Å². The molecule has 2 aromatic heterocycles. The van der Waals surface area contributed by atoms with Gasteiger partial charge in [-0.15, -0.1) is 0 Å². The Morgan fingerprint density at radius 1 is 0.853 bits per heavy atom. The lowest BCUT2D eigenvalue weighted by Gasteiger charge is -2.14. The van der Waals surface area contributed by atoms with E-state index >= 15 is 0 Å². The molecule has 176 valence electrons. The lowest BCUT2D eigenvalue weighted by Crippen LogP contribution is -2.15. The molecule has 0 aliphatic carbocycles. The number of rotatable bonds is 6. The van der Waals surface area contributed by atoms with Crippen LogP contribution in [0.2, 0.25) is 0 Å². The zero-order valence-electron chi connectivity index (χ0n) is 20.0. The summed E-state index contributed by atoms with van der Waals surface area (Å²) >= 11 is 0. The maximum absolute atomic E-state index is 13.0. The smallest absolute Gasteiger partial charge is 0.262 e. The van der Waals surface area contributed by atoms with Crippen molar-refractivity contribution in [2.24, 2.45) is 0 Å². The molecule has 0 saturated carbocycles. The van der Waals surface area contributed by atoms with Crippen molar-refractivity contribution >= 4 is 15.7 Å². The molecule has 0 spiro atoms. The summed E-state index contributed by atoms with van der Waals surface area (Å²) in [5.74, 6) is 2.05. The Hall–Kier alpha value is -3.72. The fourth-order valence-corrected chi connectivity index (χ4v) is 5.57. The van der Waals surface area contributed by atoms with Crippen molar-refractivity contribution in [3.8, 4) is 17.4 Å². The summed E-state index contributed by atoms with van der Waals surface area (Å²) in [6, 6.07) is 14.1. The number of ether oxygens (including phenoxy) is 1. The summed E-state index contributed by atoms with van der Waals surface area (Å²) in [6.45, 7) is 11.2. The normalized spacial score (nSPS) is 11.5.